The molecule has 3 nitrogen and oxygen atoms in total. The van der Waals surface area contributed by atoms with Crippen molar-refractivity contribution in [3.63, 3.8) is 0 Å². The van der Waals surface area contributed by atoms with Gasteiger partial charge in [0.25, 0.3) is 0 Å². The van der Waals surface area contributed by atoms with E-state index in [1.807, 2.05) is 18.2 Å². The van der Waals surface area contributed by atoms with Crippen molar-refractivity contribution in [1.82, 2.24) is 4.90 Å². The van der Waals surface area contributed by atoms with Gasteiger partial charge in [-0.3, -0.25) is 9.69 Å². The van der Waals surface area contributed by atoms with Crippen LogP contribution in [0.25, 0.3) is 0 Å². The van der Waals surface area contributed by atoms with Gasteiger partial charge in [0.05, 0.1) is 0 Å². The van der Waals surface area contributed by atoms with Crippen LogP contribution in [0.1, 0.15) is 31.2 Å². The molecule has 0 spiro atoms. The zero-order valence-electron chi connectivity index (χ0n) is 10.7. The SMILES string of the molecule is O=C(O)C(CCc1ccccc1)N1CCCCC1. The molecule has 0 saturated carbocycles. The molecule has 1 aliphatic rings. The molecule has 0 aliphatic carbocycles. The normalized spacial score (nSPS) is 18.4. The van der Waals surface area contributed by atoms with Crippen molar-refractivity contribution in [2.24, 2.45) is 0 Å². The van der Waals surface area contributed by atoms with Gasteiger partial charge in [-0.15, -0.1) is 0 Å². The van der Waals surface area contributed by atoms with Crippen molar-refractivity contribution in [2.45, 2.75) is 38.1 Å². The Balaban J connectivity index is 1.92. The van der Waals surface area contributed by atoms with Crippen LogP contribution in [0.15, 0.2) is 30.3 Å². The Morgan fingerprint density at radius 2 is 1.83 bits per heavy atom. The molecule has 1 aliphatic heterocycles. The van der Waals surface area contributed by atoms with E-state index in [-0.39, 0.29) is 6.04 Å². The molecular weight excluding hydrogens is 226 g/mol. The summed E-state index contributed by atoms with van der Waals surface area (Å²) in [6, 6.07) is 9.82. The van der Waals surface area contributed by atoms with Gasteiger partial charge in [-0.2, -0.15) is 0 Å². The highest BCUT2D eigenvalue weighted by Gasteiger charge is 2.26. The average molecular weight is 247 g/mol. The second-order valence-electron chi connectivity index (χ2n) is 4.97. The highest BCUT2D eigenvalue weighted by atomic mass is 16.4. The third-order valence-corrected chi connectivity index (χ3v) is 3.67. The van der Waals surface area contributed by atoms with Crippen molar-refractivity contribution in [2.75, 3.05) is 13.1 Å². The Labute approximate surface area is 108 Å². The lowest BCUT2D eigenvalue weighted by Gasteiger charge is -2.32. The summed E-state index contributed by atoms with van der Waals surface area (Å²) in [7, 11) is 0. The number of aryl methyl sites for hydroxylation is 1. The Hall–Kier alpha value is -1.35. The van der Waals surface area contributed by atoms with Crippen molar-refractivity contribution in [3.8, 4) is 0 Å². The van der Waals surface area contributed by atoms with Crippen LogP contribution in [0.3, 0.4) is 0 Å². The number of aliphatic carboxylic acids is 1. The van der Waals surface area contributed by atoms with E-state index in [2.05, 4.69) is 17.0 Å². The fourth-order valence-corrected chi connectivity index (χ4v) is 2.64. The monoisotopic (exact) mass is 247 g/mol. The zero-order chi connectivity index (χ0) is 12.8. The second kappa shape index (κ2) is 6.55. The van der Waals surface area contributed by atoms with E-state index in [4.69, 9.17) is 0 Å². The Kier molecular flexibility index (Phi) is 4.76. The predicted octanol–water partition coefficient (Wildman–Crippen LogP) is 2.56. The maximum absolute atomic E-state index is 11.4. The standard InChI is InChI=1S/C15H21NO2/c17-15(18)14(16-11-5-2-6-12-16)10-9-13-7-3-1-4-8-13/h1,3-4,7-8,14H,2,5-6,9-12H2,(H,17,18). The van der Waals surface area contributed by atoms with Gasteiger partial charge in [0.2, 0.25) is 0 Å². The molecule has 3 heteroatoms. The third kappa shape index (κ3) is 3.57. The number of benzene rings is 1. The van der Waals surface area contributed by atoms with Crippen LogP contribution in [0.5, 0.6) is 0 Å². The maximum Gasteiger partial charge on any atom is 0.320 e. The lowest BCUT2D eigenvalue weighted by atomic mass is 10.0. The Morgan fingerprint density at radius 1 is 1.17 bits per heavy atom. The molecule has 18 heavy (non-hydrogen) atoms. The first-order chi connectivity index (χ1) is 8.77. The van der Waals surface area contributed by atoms with Crippen molar-refractivity contribution < 1.29 is 9.90 Å². The number of rotatable bonds is 5. The van der Waals surface area contributed by atoms with Crippen LogP contribution in [-0.2, 0) is 11.2 Å². The maximum atomic E-state index is 11.4. The molecule has 0 radical (unpaired) electrons. The molecule has 0 amide bonds. The van der Waals surface area contributed by atoms with Crippen LogP contribution in [0.2, 0.25) is 0 Å². The quantitative estimate of drug-likeness (QED) is 0.869. The Morgan fingerprint density at radius 3 is 2.44 bits per heavy atom. The van der Waals surface area contributed by atoms with E-state index in [1.54, 1.807) is 0 Å². The topological polar surface area (TPSA) is 40.5 Å². The van der Waals surface area contributed by atoms with E-state index >= 15 is 0 Å². The molecule has 1 unspecified atom stereocenters. The smallest absolute Gasteiger partial charge is 0.320 e. The first kappa shape index (κ1) is 13.1. The summed E-state index contributed by atoms with van der Waals surface area (Å²) in [5.41, 5.74) is 1.22. The van der Waals surface area contributed by atoms with Crippen molar-refractivity contribution >= 4 is 5.97 Å². The summed E-state index contributed by atoms with van der Waals surface area (Å²) in [5.74, 6) is -0.673. The first-order valence-corrected chi connectivity index (χ1v) is 6.78. The molecule has 1 aromatic carbocycles. The number of likely N-dealkylation sites (tertiary alicyclic amines) is 1. The number of hydrogen-bond acceptors (Lipinski definition) is 2. The molecule has 1 fully saturated rings. The largest absolute Gasteiger partial charge is 0.480 e. The van der Waals surface area contributed by atoms with Crippen LogP contribution in [0, 0.1) is 0 Å². The van der Waals surface area contributed by atoms with E-state index in [1.165, 1.54) is 12.0 Å². The number of nitrogens with zero attached hydrogens (tertiary/aromatic N) is 1. The van der Waals surface area contributed by atoms with Gasteiger partial charge in [0, 0.05) is 0 Å². The van der Waals surface area contributed by atoms with E-state index in [0.717, 1.165) is 32.4 Å². The van der Waals surface area contributed by atoms with Gasteiger partial charge < -0.3 is 5.11 Å². The summed E-state index contributed by atoms with van der Waals surface area (Å²) < 4.78 is 0. The van der Waals surface area contributed by atoms with Crippen molar-refractivity contribution in [3.05, 3.63) is 35.9 Å². The minimum absolute atomic E-state index is 0.314. The fourth-order valence-electron chi connectivity index (χ4n) is 2.64. The molecule has 1 heterocycles. The zero-order valence-corrected chi connectivity index (χ0v) is 10.7. The number of carboxylic acids is 1. The van der Waals surface area contributed by atoms with Crippen LogP contribution >= 0.6 is 0 Å². The number of carbonyl (C=O) groups is 1. The van der Waals surface area contributed by atoms with E-state index in [0.29, 0.717) is 6.42 Å². The third-order valence-electron chi connectivity index (χ3n) is 3.67. The van der Waals surface area contributed by atoms with Crippen LogP contribution in [0.4, 0.5) is 0 Å². The van der Waals surface area contributed by atoms with Crippen molar-refractivity contribution in [1.29, 1.82) is 0 Å². The van der Waals surface area contributed by atoms with Gasteiger partial charge in [0.1, 0.15) is 6.04 Å². The van der Waals surface area contributed by atoms with Gasteiger partial charge >= 0.3 is 5.97 Å². The van der Waals surface area contributed by atoms with Crippen LogP contribution in [-0.4, -0.2) is 35.1 Å². The number of hydrogen-bond donors (Lipinski definition) is 1. The summed E-state index contributed by atoms with van der Waals surface area (Å²) in [4.78, 5) is 13.5. The minimum atomic E-state index is -0.673. The summed E-state index contributed by atoms with van der Waals surface area (Å²) in [6.45, 7) is 1.87. The minimum Gasteiger partial charge on any atom is -0.480 e. The molecule has 1 saturated heterocycles. The van der Waals surface area contributed by atoms with E-state index < -0.39 is 5.97 Å². The van der Waals surface area contributed by atoms with E-state index in [9.17, 15) is 9.90 Å². The summed E-state index contributed by atoms with van der Waals surface area (Å²) in [6.07, 6.45) is 5.05. The highest BCUT2D eigenvalue weighted by molar-refractivity contribution is 5.73. The second-order valence-corrected chi connectivity index (χ2v) is 4.97. The molecule has 98 valence electrons. The molecular formula is C15H21NO2. The Bertz CT molecular complexity index is 371. The predicted molar refractivity (Wildman–Crippen MR) is 71.6 cm³/mol. The lowest BCUT2D eigenvalue weighted by Crippen LogP contribution is -2.44. The van der Waals surface area contributed by atoms with Gasteiger partial charge in [0.15, 0.2) is 0 Å². The van der Waals surface area contributed by atoms with Gasteiger partial charge in [-0.05, 0) is 44.3 Å². The molecule has 0 bridgehead atoms. The summed E-state index contributed by atoms with van der Waals surface area (Å²) in [5, 5.41) is 9.36. The molecule has 0 aromatic heterocycles. The average Bonchev–Trinajstić information content (AvgIpc) is 2.41. The fraction of sp³-hybridized carbons (Fsp3) is 0.533. The van der Waals surface area contributed by atoms with Gasteiger partial charge in [-0.25, -0.2) is 0 Å². The number of carboxylic acid groups (broad SMARTS) is 1. The molecule has 2 rings (SSSR count). The molecule has 1 N–H and O–H groups in total. The molecule has 1 atom stereocenters. The number of piperidine rings is 1. The summed E-state index contributed by atoms with van der Waals surface area (Å²) >= 11 is 0. The van der Waals surface area contributed by atoms with Crippen LogP contribution < -0.4 is 0 Å². The highest BCUT2D eigenvalue weighted by Crippen LogP contribution is 2.16. The lowest BCUT2D eigenvalue weighted by molar-refractivity contribution is -0.144. The molecule has 1 aromatic rings. The first-order valence-electron chi connectivity index (χ1n) is 6.78. The van der Waals surface area contributed by atoms with Gasteiger partial charge in [-0.1, -0.05) is 36.8 Å².